The largest absolute Gasteiger partial charge is 0.506 e. The molecule has 6 nitrogen and oxygen atoms in total. The number of benzene rings is 1. The van der Waals surface area contributed by atoms with Gasteiger partial charge in [0.2, 0.25) is 15.9 Å². The maximum Gasteiger partial charge on any atom is 0.391 e. The Morgan fingerprint density at radius 3 is 2.46 bits per heavy atom. The van der Waals surface area contributed by atoms with Crippen LogP contribution in [-0.4, -0.2) is 43.0 Å². The van der Waals surface area contributed by atoms with E-state index in [0.717, 1.165) is 12.1 Å². The lowest BCUT2D eigenvalue weighted by Gasteiger charge is -2.29. The monoisotopic (exact) mass is 422 g/mol. The molecule has 0 radical (unpaired) electrons. The summed E-state index contributed by atoms with van der Waals surface area (Å²) in [7, 11) is -3.81. The third-order valence-electron chi connectivity index (χ3n) is 5.08. The molecule has 1 aromatic carbocycles. The summed E-state index contributed by atoms with van der Waals surface area (Å²) in [6, 6.07) is 3.50. The maximum atomic E-state index is 13.0. The fourth-order valence-corrected chi connectivity index (χ4v) is 4.93. The molecule has 0 unspecified atom stereocenters. The summed E-state index contributed by atoms with van der Waals surface area (Å²) in [5.41, 5.74) is -0.132. The van der Waals surface area contributed by atoms with Crippen LogP contribution in [0.3, 0.4) is 0 Å². The average molecular weight is 422 g/mol. The van der Waals surface area contributed by atoms with Gasteiger partial charge in [-0.3, -0.25) is 4.79 Å². The van der Waals surface area contributed by atoms with Crippen LogP contribution >= 0.6 is 0 Å². The normalized spacial score (nSPS) is 20.9. The first-order valence-electron chi connectivity index (χ1n) is 9.21. The number of amides is 1. The van der Waals surface area contributed by atoms with Crippen molar-refractivity contribution in [1.29, 1.82) is 0 Å². The zero-order valence-electron chi connectivity index (χ0n) is 15.8. The molecule has 0 spiro atoms. The molecule has 158 valence electrons. The van der Waals surface area contributed by atoms with Crippen molar-refractivity contribution in [2.45, 2.75) is 50.6 Å². The van der Waals surface area contributed by atoms with E-state index in [0.29, 0.717) is 6.42 Å². The lowest BCUT2D eigenvalue weighted by molar-refractivity contribution is -0.185. The predicted octanol–water partition coefficient (Wildman–Crippen LogP) is 3.73. The molecule has 28 heavy (non-hydrogen) atoms. The summed E-state index contributed by atoms with van der Waals surface area (Å²) in [5.74, 6) is -3.38. The lowest BCUT2D eigenvalue weighted by Crippen LogP contribution is -2.34. The van der Waals surface area contributed by atoms with Crippen molar-refractivity contribution in [2.24, 2.45) is 11.8 Å². The average Bonchev–Trinajstić information content (AvgIpc) is 2.63. The molecule has 1 aromatic rings. The Balaban J connectivity index is 2.21. The highest BCUT2D eigenvalue weighted by Gasteiger charge is 2.43. The summed E-state index contributed by atoms with van der Waals surface area (Å²) < 4.78 is 65.3. The Morgan fingerprint density at radius 1 is 1.25 bits per heavy atom. The van der Waals surface area contributed by atoms with Crippen LogP contribution in [0, 0.1) is 11.8 Å². The summed E-state index contributed by atoms with van der Waals surface area (Å²) >= 11 is 0. The van der Waals surface area contributed by atoms with Crippen molar-refractivity contribution in [3.05, 3.63) is 18.2 Å². The van der Waals surface area contributed by atoms with E-state index < -0.39 is 33.9 Å². The SMILES string of the molecule is CCN(CC)S(=O)(=O)c1ccc(O)c(NC(=O)[C@@H]2CCC[C@H](C(F)(F)F)C2)c1. The van der Waals surface area contributed by atoms with Crippen LogP contribution in [0.2, 0.25) is 0 Å². The second kappa shape index (κ2) is 8.69. The third kappa shape index (κ3) is 4.96. The number of rotatable bonds is 6. The zero-order valence-corrected chi connectivity index (χ0v) is 16.6. The molecule has 0 aliphatic heterocycles. The molecule has 10 heteroatoms. The molecule has 1 fully saturated rings. The zero-order chi connectivity index (χ0) is 21.1. The minimum atomic E-state index is -4.35. The van der Waals surface area contributed by atoms with E-state index >= 15 is 0 Å². The van der Waals surface area contributed by atoms with Crippen LogP contribution < -0.4 is 5.32 Å². The number of phenols is 1. The molecule has 2 N–H and O–H groups in total. The smallest absolute Gasteiger partial charge is 0.391 e. The number of anilines is 1. The first-order chi connectivity index (χ1) is 13.0. The van der Waals surface area contributed by atoms with Gasteiger partial charge in [0.05, 0.1) is 16.5 Å². The van der Waals surface area contributed by atoms with E-state index in [2.05, 4.69) is 5.32 Å². The van der Waals surface area contributed by atoms with Crippen LogP contribution in [0.4, 0.5) is 18.9 Å². The van der Waals surface area contributed by atoms with Gasteiger partial charge in [0, 0.05) is 19.0 Å². The highest BCUT2D eigenvalue weighted by molar-refractivity contribution is 7.89. The van der Waals surface area contributed by atoms with Gasteiger partial charge < -0.3 is 10.4 Å². The molecule has 2 rings (SSSR count). The number of carbonyl (C=O) groups is 1. The molecule has 0 saturated heterocycles. The summed E-state index contributed by atoms with van der Waals surface area (Å²) in [6.07, 6.45) is -4.07. The fourth-order valence-electron chi connectivity index (χ4n) is 3.45. The first kappa shape index (κ1) is 22.5. The van der Waals surface area contributed by atoms with Crippen LogP contribution in [-0.2, 0) is 14.8 Å². The molecular formula is C18H25F3N2O4S. The van der Waals surface area contributed by atoms with Crippen LogP contribution in [0.1, 0.15) is 39.5 Å². The number of phenolic OH excluding ortho intramolecular Hbond substituents is 1. The number of alkyl halides is 3. The Hall–Kier alpha value is -1.81. The predicted molar refractivity (Wildman–Crippen MR) is 98.3 cm³/mol. The number of halogens is 3. The number of nitrogens with one attached hydrogen (secondary N) is 1. The van der Waals surface area contributed by atoms with Gasteiger partial charge in [-0.05, 0) is 37.5 Å². The van der Waals surface area contributed by atoms with Crippen LogP contribution in [0.15, 0.2) is 23.1 Å². The van der Waals surface area contributed by atoms with E-state index in [9.17, 15) is 31.5 Å². The minimum Gasteiger partial charge on any atom is -0.506 e. The summed E-state index contributed by atoms with van der Waals surface area (Å²) in [6.45, 7) is 3.87. The molecule has 0 heterocycles. The van der Waals surface area contributed by atoms with Gasteiger partial charge in [0.25, 0.3) is 0 Å². The van der Waals surface area contributed by atoms with Gasteiger partial charge in [-0.15, -0.1) is 0 Å². The van der Waals surface area contributed by atoms with Crippen molar-refractivity contribution in [3.8, 4) is 5.75 Å². The van der Waals surface area contributed by atoms with E-state index in [1.807, 2.05) is 0 Å². The van der Waals surface area contributed by atoms with Crippen LogP contribution in [0.5, 0.6) is 5.75 Å². The van der Waals surface area contributed by atoms with Gasteiger partial charge in [-0.2, -0.15) is 17.5 Å². The van der Waals surface area contributed by atoms with E-state index in [1.54, 1.807) is 13.8 Å². The standard InChI is InChI=1S/C18H25F3N2O4S/c1-3-23(4-2)28(26,27)14-8-9-16(24)15(11-14)22-17(25)12-6-5-7-13(10-12)18(19,20)21/h8-9,11-13,24H,3-7,10H2,1-2H3,(H,22,25)/t12-,13+/m1/s1. The molecule has 2 atom stereocenters. The summed E-state index contributed by atoms with van der Waals surface area (Å²) in [4.78, 5) is 12.3. The number of carbonyl (C=O) groups excluding carboxylic acids is 1. The van der Waals surface area contributed by atoms with Crippen molar-refractivity contribution in [3.63, 3.8) is 0 Å². The molecular weight excluding hydrogens is 397 g/mol. The summed E-state index contributed by atoms with van der Waals surface area (Å²) in [5, 5.41) is 12.4. The molecule has 0 aromatic heterocycles. The van der Waals surface area contributed by atoms with Crippen molar-refractivity contribution >= 4 is 21.6 Å². The van der Waals surface area contributed by atoms with Gasteiger partial charge in [-0.1, -0.05) is 20.3 Å². The molecule has 1 saturated carbocycles. The van der Waals surface area contributed by atoms with Gasteiger partial charge >= 0.3 is 6.18 Å². The van der Waals surface area contributed by atoms with E-state index in [4.69, 9.17) is 0 Å². The van der Waals surface area contributed by atoms with Crippen molar-refractivity contribution in [1.82, 2.24) is 4.31 Å². The second-order valence-corrected chi connectivity index (χ2v) is 8.80. The van der Waals surface area contributed by atoms with Gasteiger partial charge in [0.15, 0.2) is 0 Å². The molecule has 1 amide bonds. The van der Waals surface area contributed by atoms with Gasteiger partial charge in [0.1, 0.15) is 5.75 Å². The Kier molecular flexibility index (Phi) is 6.97. The molecule has 1 aliphatic rings. The molecule has 0 bridgehead atoms. The number of aromatic hydroxyl groups is 1. The Labute approximate surface area is 162 Å². The Morgan fingerprint density at radius 2 is 1.89 bits per heavy atom. The van der Waals surface area contributed by atoms with E-state index in [-0.39, 0.29) is 48.7 Å². The van der Waals surface area contributed by atoms with Crippen LogP contribution in [0.25, 0.3) is 0 Å². The highest BCUT2D eigenvalue weighted by Crippen LogP contribution is 2.40. The van der Waals surface area contributed by atoms with E-state index in [1.165, 1.54) is 10.4 Å². The topological polar surface area (TPSA) is 86.7 Å². The maximum absolute atomic E-state index is 13.0. The van der Waals surface area contributed by atoms with Crippen molar-refractivity contribution < 1.29 is 31.5 Å². The molecule has 1 aliphatic carbocycles. The van der Waals surface area contributed by atoms with Crippen molar-refractivity contribution in [2.75, 3.05) is 18.4 Å². The number of nitrogens with zero attached hydrogens (tertiary/aromatic N) is 1. The Bertz CT molecular complexity index is 808. The number of hydrogen-bond acceptors (Lipinski definition) is 4. The highest BCUT2D eigenvalue weighted by atomic mass is 32.2. The third-order valence-corrected chi connectivity index (χ3v) is 7.12. The number of hydrogen-bond donors (Lipinski definition) is 2. The first-order valence-corrected chi connectivity index (χ1v) is 10.6. The quantitative estimate of drug-likeness (QED) is 0.684. The number of sulfonamides is 1. The fraction of sp³-hybridized carbons (Fsp3) is 0.611. The second-order valence-electron chi connectivity index (χ2n) is 6.86. The minimum absolute atomic E-state index is 0.00384. The van der Waals surface area contributed by atoms with Gasteiger partial charge in [-0.25, -0.2) is 8.42 Å². The lowest BCUT2D eigenvalue weighted by atomic mass is 9.80.